The average Bonchev–Trinajstić information content (AvgIpc) is 3.11. The van der Waals surface area contributed by atoms with E-state index in [9.17, 15) is 9.59 Å². The van der Waals surface area contributed by atoms with E-state index in [2.05, 4.69) is 10.3 Å². The molecule has 1 aromatic heterocycles. The van der Waals surface area contributed by atoms with Gasteiger partial charge in [0.1, 0.15) is 18.1 Å². The summed E-state index contributed by atoms with van der Waals surface area (Å²) in [6.45, 7) is 5.33. The van der Waals surface area contributed by atoms with Gasteiger partial charge in [0, 0.05) is 23.6 Å². The van der Waals surface area contributed by atoms with Crippen LogP contribution in [-0.2, 0) is 20.9 Å². The second-order valence-electron chi connectivity index (χ2n) is 9.21. The molecule has 1 aliphatic rings. The highest BCUT2D eigenvalue weighted by atomic mass is 16.5. The normalized spacial score (nSPS) is 14.6. The number of hydrogen-bond donors (Lipinski definition) is 1. The number of amides is 1. The average molecular weight is 479 g/mol. The summed E-state index contributed by atoms with van der Waals surface area (Å²) in [5, 5.41) is 3.84. The van der Waals surface area contributed by atoms with Crippen LogP contribution >= 0.6 is 0 Å². The van der Waals surface area contributed by atoms with Crippen molar-refractivity contribution in [2.45, 2.75) is 33.0 Å². The first-order valence-electron chi connectivity index (χ1n) is 11.7. The number of nitrogens with one attached hydrogen (secondary N) is 1. The maximum atomic E-state index is 13.2. The van der Waals surface area contributed by atoms with Crippen LogP contribution in [0.1, 0.15) is 37.6 Å². The molecule has 2 heterocycles. The SMILES string of the molecule is CC(=O)Nc1ccc(C2=C(c3ccc(OCc4ccc5ccccc5n4)cc3)C(=O)C(C)(C)O2)cc1. The molecule has 0 saturated heterocycles. The molecule has 36 heavy (non-hydrogen) atoms. The summed E-state index contributed by atoms with van der Waals surface area (Å²) in [5.41, 5.74) is 3.52. The Balaban J connectivity index is 1.38. The molecular weight excluding hydrogens is 452 g/mol. The highest BCUT2D eigenvalue weighted by molar-refractivity contribution is 6.32. The molecule has 180 valence electrons. The van der Waals surface area contributed by atoms with Crippen molar-refractivity contribution in [3.05, 3.63) is 102 Å². The molecule has 1 amide bonds. The highest BCUT2D eigenvalue weighted by Gasteiger charge is 2.42. The van der Waals surface area contributed by atoms with E-state index in [4.69, 9.17) is 9.47 Å². The van der Waals surface area contributed by atoms with E-state index in [1.54, 1.807) is 26.0 Å². The van der Waals surface area contributed by atoms with Gasteiger partial charge in [-0.1, -0.05) is 36.4 Å². The third kappa shape index (κ3) is 4.70. The molecule has 0 saturated carbocycles. The van der Waals surface area contributed by atoms with Crippen LogP contribution < -0.4 is 10.1 Å². The Bertz CT molecular complexity index is 1490. The van der Waals surface area contributed by atoms with Crippen molar-refractivity contribution in [1.82, 2.24) is 4.98 Å². The maximum absolute atomic E-state index is 13.2. The number of Topliss-reactive ketones (excluding diaryl/α,β-unsaturated/α-hetero) is 1. The van der Waals surface area contributed by atoms with E-state index < -0.39 is 5.60 Å². The molecule has 0 bridgehead atoms. The van der Waals surface area contributed by atoms with E-state index in [1.165, 1.54) is 6.92 Å². The fraction of sp³-hybridized carbons (Fsp3) is 0.167. The monoisotopic (exact) mass is 478 g/mol. The first kappa shape index (κ1) is 23.3. The van der Waals surface area contributed by atoms with E-state index >= 15 is 0 Å². The number of para-hydroxylation sites is 1. The molecule has 0 unspecified atom stereocenters. The molecule has 0 fully saturated rings. The summed E-state index contributed by atoms with van der Waals surface area (Å²) in [6.07, 6.45) is 0. The number of ketones is 1. The van der Waals surface area contributed by atoms with Crippen LogP contribution in [0.3, 0.4) is 0 Å². The van der Waals surface area contributed by atoms with Crippen LogP contribution in [-0.4, -0.2) is 22.3 Å². The molecule has 6 heteroatoms. The van der Waals surface area contributed by atoms with Crippen LogP contribution in [0.4, 0.5) is 5.69 Å². The molecule has 0 aliphatic carbocycles. The molecule has 0 atom stereocenters. The van der Waals surface area contributed by atoms with Crippen molar-refractivity contribution in [2.24, 2.45) is 0 Å². The van der Waals surface area contributed by atoms with Crippen molar-refractivity contribution < 1.29 is 19.1 Å². The Hall–Kier alpha value is -4.45. The van der Waals surface area contributed by atoms with E-state index in [0.29, 0.717) is 29.4 Å². The van der Waals surface area contributed by atoms with Crippen LogP contribution in [0, 0.1) is 0 Å². The Kier molecular flexibility index (Phi) is 6.02. The number of carbonyl (C=O) groups excluding carboxylic acids is 2. The van der Waals surface area contributed by atoms with Gasteiger partial charge in [0.05, 0.1) is 16.8 Å². The summed E-state index contributed by atoms with van der Waals surface area (Å²) < 4.78 is 12.1. The quantitative estimate of drug-likeness (QED) is 0.367. The van der Waals surface area contributed by atoms with Crippen LogP contribution in [0.2, 0.25) is 0 Å². The van der Waals surface area contributed by atoms with Gasteiger partial charge >= 0.3 is 0 Å². The number of hydrogen-bond acceptors (Lipinski definition) is 5. The van der Waals surface area contributed by atoms with Gasteiger partial charge in [-0.15, -0.1) is 0 Å². The van der Waals surface area contributed by atoms with Gasteiger partial charge in [0.25, 0.3) is 0 Å². The van der Waals surface area contributed by atoms with Crippen LogP contribution in [0.5, 0.6) is 5.75 Å². The summed E-state index contributed by atoms with van der Waals surface area (Å²) in [6, 6.07) is 26.6. The number of fused-ring (bicyclic) bond motifs is 1. The zero-order valence-corrected chi connectivity index (χ0v) is 20.4. The number of nitrogens with zero attached hydrogens (tertiary/aromatic N) is 1. The molecule has 0 spiro atoms. The van der Waals surface area contributed by atoms with Gasteiger partial charge in [-0.3, -0.25) is 9.59 Å². The molecule has 4 aromatic rings. The topological polar surface area (TPSA) is 77.5 Å². The maximum Gasteiger partial charge on any atom is 0.221 e. The van der Waals surface area contributed by atoms with Gasteiger partial charge in [0.15, 0.2) is 5.60 Å². The molecule has 1 N–H and O–H groups in total. The number of rotatable bonds is 6. The standard InChI is InChI=1S/C30H26N2O4/c1-19(33)31-23-13-9-22(10-14-23)28-27(29(34)30(2,3)36-28)21-11-16-25(17-12-21)35-18-24-15-8-20-6-4-5-7-26(20)32-24/h4-17H,18H2,1-3H3,(H,31,33). The minimum Gasteiger partial charge on any atom is -0.487 e. The number of aromatic nitrogens is 1. The first-order chi connectivity index (χ1) is 17.3. The lowest BCUT2D eigenvalue weighted by molar-refractivity contribution is -0.125. The molecule has 5 rings (SSSR count). The van der Waals surface area contributed by atoms with Gasteiger partial charge in [-0.25, -0.2) is 4.98 Å². The number of anilines is 1. The Morgan fingerprint density at radius 1 is 0.917 bits per heavy atom. The largest absolute Gasteiger partial charge is 0.487 e. The highest BCUT2D eigenvalue weighted by Crippen LogP contribution is 2.41. The predicted octanol–water partition coefficient (Wildman–Crippen LogP) is 6.02. The zero-order valence-electron chi connectivity index (χ0n) is 20.4. The third-order valence-corrected chi connectivity index (χ3v) is 6.01. The van der Waals surface area contributed by atoms with E-state index in [0.717, 1.165) is 27.7 Å². The van der Waals surface area contributed by atoms with Crippen LogP contribution in [0.25, 0.3) is 22.2 Å². The van der Waals surface area contributed by atoms with Crippen molar-refractivity contribution in [3.8, 4) is 5.75 Å². The second kappa shape index (κ2) is 9.30. The third-order valence-electron chi connectivity index (χ3n) is 6.01. The van der Waals surface area contributed by atoms with Gasteiger partial charge < -0.3 is 14.8 Å². The van der Waals surface area contributed by atoms with Crippen molar-refractivity contribution in [3.63, 3.8) is 0 Å². The van der Waals surface area contributed by atoms with Gasteiger partial charge in [-0.2, -0.15) is 0 Å². The lowest BCUT2D eigenvalue weighted by atomic mass is 9.92. The fourth-order valence-corrected chi connectivity index (χ4v) is 4.19. The second-order valence-corrected chi connectivity index (χ2v) is 9.21. The summed E-state index contributed by atoms with van der Waals surface area (Å²) in [5.74, 6) is 0.974. The smallest absolute Gasteiger partial charge is 0.221 e. The van der Waals surface area contributed by atoms with Crippen molar-refractivity contribution in [1.29, 1.82) is 0 Å². The minimum atomic E-state index is -0.974. The number of ether oxygens (including phenoxy) is 2. The predicted molar refractivity (Wildman–Crippen MR) is 140 cm³/mol. The van der Waals surface area contributed by atoms with E-state index in [-0.39, 0.29) is 11.7 Å². The van der Waals surface area contributed by atoms with Gasteiger partial charge in [-0.05, 0) is 67.9 Å². The molecule has 0 radical (unpaired) electrons. The van der Waals surface area contributed by atoms with Crippen molar-refractivity contribution in [2.75, 3.05) is 5.32 Å². The number of carbonyl (C=O) groups is 2. The Morgan fingerprint density at radius 2 is 1.61 bits per heavy atom. The van der Waals surface area contributed by atoms with Crippen LogP contribution in [0.15, 0.2) is 84.9 Å². The number of benzene rings is 3. The zero-order chi connectivity index (χ0) is 25.3. The Labute approximate surface area is 209 Å². The van der Waals surface area contributed by atoms with Crippen molar-refractivity contribution >= 4 is 39.6 Å². The summed E-state index contributed by atoms with van der Waals surface area (Å²) in [7, 11) is 0. The van der Waals surface area contributed by atoms with Gasteiger partial charge in [0.2, 0.25) is 11.7 Å². The number of pyridine rings is 1. The molecular formula is C30H26N2O4. The van der Waals surface area contributed by atoms with E-state index in [1.807, 2.05) is 72.8 Å². The lowest BCUT2D eigenvalue weighted by Gasteiger charge is -2.18. The molecule has 3 aromatic carbocycles. The fourth-order valence-electron chi connectivity index (χ4n) is 4.19. The summed E-state index contributed by atoms with van der Waals surface area (Å²) in [4.78, 5) is 29.2. The first-order valence-corrected chi connectivity index (χ1v) is 11.7. The summed E-state index contributed by atoms with van der Waals surface area (Å²) >= 11 is 0. The molecule has 6 nitrogen and oxygen atoms in total. The molecule has 1 aliphatic heterocycles. The minimum absolute atomic E-state index is 0.0857. The lowest BCUT2D eigenvalue weighted by Crippen LogP contribution is -2.29. The Morgan fingerprint density at radius 3 is 2.33 bits per heavy atom.